The summed E-state index contributed by atoms with van der Waals surface area (Å²) in [4.78, 5) is 29.3. The van der Waals surface area contributed by atoms with Crippen molar-refractivity contribution >= 4 is 23.3 Å². The van der Waals surface area contributed by atoms with Gasteiger partial charge in [-0.05, 0) is 36.6 Å². The maximum atomic E-state index is 13.0. The standard InChI is InChI=1S/C23H29N3O2/c1-3-10-18(4-2)17-24-23(28)26-16-15-25(20-13-8-9-14-21(20)26)22(27)19-11-6-5-7-12-19/h5-9,11-14,18H,3-4,10,15-17H2,1-2H3,(H,24,28)/t18-/m1/s1. The van der Waals surface area contributed by atoms with Crippen LogP contribution in [0.4, 0.5) is 16.2 Å². The number of carbonyl (C=O) groups excluding carboxylic acids is 2. The molecule has 0 bridgehead atoms. The van der Waals surface area contributed by atoms with E-state index in [0.29, 0.717) is 31.1 Å². The molecule has 2 aromatic carbocycles. The van der Waals surface area contributed by atoms with Gasteiger partial charge in [0.05, 0.1) is 11.4 Å². The minimum absolute atomic E-state index is 0.0397. The van der Waals surface area contributed by atoms with Crippen LogP contribution in [-0.2, 0) is 0 Å². The number of urea groups is 1. The molecule has 1 aliphatic heterocycles. The molecule has 1 heterocycles. The Bertz CT molecular complexity index is 807. The van der Waals surface area contributed by atoms with Crippen LogP contribution < -0.4 is 15.1 Å². The lowest BCUT2D eigenvalue weighted by molar-refractivity contribution is 0.0986. The number of anilines is 2. The normalized spacial score (nSPS) is 14.4. The van der Waals surface area contributed by atoms with Gasteiger partial charge in [0.15, 0.2) is 0 Å². The quantitative estimate of drug-likeness (QED) is 0.792. The number of nitrogens with one attached hydrogen (secondary N) is 1. The maximum absolute atomic E-state index is 13.0. The first-order valence-corrected chi connectivity index (χ1v) is 10.2. The van der Waals surface area contributed by atoms with E-state index in [4.69, 9.17) is 0 Å². The monoisotopic (exact) mass is 379 g/mol. The van der Waals surface area contributed by atoms with Gasteiger partial charge in [-0.3, -0.25) is 9.69 Å². The molecule has 1 aliphatic rings. The zero-order chi connectivity index (χ0) is 19.9. The summed E-state index contributed by atoms with van der Waals surface area (Å²) in [5, 5.41) is 3.09. The van der Waals surface area contributed by atoms with Gasteiger partial charge in [-0.2, -0.15) is 0 Å². The molecule has 0 saturated heterocycles. The summed E-state index contributed by atoms with van der Waals surface area (Å²) < 4.78 is 0. The van der Waals surface area contributed by atoms with Gasteiger partial charge in [0.25, 0.3) is 5.91 Å². The molecule has 5 heteroatoms. The number of hydrogen-bond donors (Lipinski definition) is 1. The van der Waals surface area contributed by atoms with Crippen LogP contribution in [0, 0.1) is 5.92 Å². The lowest BCUT2D eigenvalue weighted by Gasteiger charge is -2.36. The molecule has 28 heavy (non-hydrogen) atoms. The van der Waals surface area contributed by atoms with Crippen LogP contribution in [0.15, 0.2) is 54.6 Å². The third-order valence-corrected chi connectivity index (χ3v) is 5.34. The van der Waals surface area contributed by atoms with Gasteiger partial charge in [-0.15, -0.1) is 0 Å². The van der Waals surface area contributed by atoms with Crippen molar-refractivity contribution < 1.29 is 9.59 Å². The molecule has 0 saturated carbocycles. The van der Waals surface area contributed by atoms with Crippen LogP contribution in [0.1, 0.15) is 43.5 Å². The zero-order valence-electron chi connectivity index (χ0n) is 16.7. The van der Waals surface area contributed by atoms with Crippen molar-refractivity contribution in [1.82, 2.24) is 5.32 Å². The first-order valence-electron chi connectivity index (χ1n) is 10.2. The fourth-order valence-corrected chi connectivity index (χ4v) is 3.71. The molecule has 2 aromatic rings. The van der Waals surface area contributed by atoms with Crippen LogP contribution in [0.3, 0.4) is 0 Å². The molecule has 148 valence electrons. The summed E-state index contributed by atoms with van der Waals surface area (Å²) in [6.45, 7) is 5.98. The van der Waals surface area contributed by atoms with Gasteiger partial charge in [0.1, 0.15) is 0 Å². The highest BCUT2D eigenvalue weighted by molar-refractivity contribution is 6.10. The predicted molar refractivity (Wildman–Crippen MR) is 114 cm³/mol. The predicted octanol–water partition coefficient (Wildman–Crippen LogP) is 4.69. The summed E-state index contributed by atoms with van der Waals surface area (Å²) in [7, 11) is 0. The van der Waals surface area contributed by atoms with Gasteiger partial charge in [0, 0.05) is 25.2 Å². The Labute approximate surface area is 167 Å². The third kappa shape index (κ3) is 4.35. The molecule has 3 amide bonds. The topological polar surface area (TPSA) is 52.7 Å². The van der Waals surface area contributed by atoms with Crippen LogP contribution in [-0.4, -0.2) is 31.6 Å². The number of nitrogens with zero attached hydrogens (tertiary/aromatic N) is 2. The molecular formula is C23H29N3O2. The van der Waals surface area contributed by atoms with Crippen LogP contribution in [0.2, 0.25) is 0 Å². The number of carbonyl (C=O) groups is 2. The van der Waals surface area contributed by atoms with E-state index in [9.17, 15) is 9.59 Å². The van der Waals surface area contributed by atoms with E-state index >= 15 is 0 Å². The number of benzene rings is 2. The number of para-hydroxylation sites is 2. The Morgan fingerprint density at radius 1 is 0.929 bits per heavy atom. The van der Waals surface area contributed by atoms with E-state index < -0.39 is 0 Å². The molecule has 0 fully saturated rings. The van der Waals surface area contributed by atoms with E-state index in [2.05, 4.69) is 19.2 Å². The Morgan fingerprint density at radius 2 is 1.54 bits per heavy atom. The minimum atomic E-state index is -0.0891. The lowest BCUT2D eigenvalue weighted by Crippen LogP contribution is -2.50. The van der Waals surface area contributed by atoms with E-state index in [1.165, 1.54) is 0 Å². The van der Waals surface area contributed by atoms with Gasteiger partial charge in [0.2, 0.25) is 0 Å². The Kier molecular flexibility index (Phi) is 6.69. The largest absolute Gasteiger partial charge is 0.337 e. The first-order chi connectivity index (χ1) is 13.7. The highest BCUT2D eigenvalue weighted by atomic mass is 16.2. The average Bonchev–Trinajstić information content (AvgIpc) is 2.75. The van der Waals surface area contributed by atoms with Gasteiger partial charge >= 0.3 is 6.03 Å². The fraction of sp³-hybridized carbons (Fsp3) is 0.391. The lowest BCUT2D eigenvalue weighted by atomic mass is 10.0. The maximum Gasteiger partial charge on any atom is 0.322 e. The molecule has 5 nitrogen and oxygen atoms in total. The molecule has 0 aromatic heterocycles. The summed E-state index contributed by atoms with van der Waals surface area (Å²) in [6, 6.07) is 16.8. The van der Waals surface area contributed by atoms with Crippen LogP contribution >= 0.6 is 0 Å². The van der Waals surface area contributed by atoms with Crippen LogP contribution in [0.5, 0.6) is 0 Å². The second kappa shape index (κ2) is 9.40. The third-order valence-electron chi connectivity index (χ3n) is 5.34. The Hall–Kier alpha value is -2.82. The first kappa shape index (κ1) is 19.9. The van der Waals surface area contributed by atoms with E-state index in [1.807, 2.05) is 54.6 Å². The number of amides is 3. The van der Waals surface area contributed by atoms with Gasteiger partial charge in [-0.25, -0.2) is 4.79 Å². The molecule has 0 unspecified atom stereocenters. The summed E-state index contributed by atoms with van der Waals surface area (Å²) in [6.07, 6.45) is 3.30. The van der Waals surface area contributed by atoms with E-state index in [0.717, 1.165) is 30.6 Å². The molecule has 0 spiro atoms. The van der Waals surface area contributed by atoms with Crippen molar-refractivity contribution in [2.45, 2.75) is 33.1 Å². The van der Waals surface area contributed by atoms with Gasteiger partial charge < -0.3 is 10.2 Å². The van der Waals surface area contributed by atoms with Crippen LogP contribution in [0.25, 0.3) is 0 Å². The SMILES string of the molecule is CCC[C@@H](CC)CNC(=O)N1CCN(C(=O)c2ccccc2)c2ccccc21. The fourth-order valence-electron chi connectivity index (χ4n) is 3.71. The van der Waals surface area contributed by atoms with Crippen molar-refractivity contribution in [3.05, 3.63) is 60.2 Å². The summed E-state index contributed by atoms with van der Waals surface area (Å²) in [5.41, 5.74) is 2.21. The van der Waals surface area contributed by atoms with Crippen molar-refractivity contribution in [3.8, 4) is 0 Å². The second-order valence-electron chi connectivity index (χ2n) is 7.21. The Balaban J connectivity index is 1.77. The van der Waals surface area contributed by atoms with Crippen molar-refractivity contribution in [3.63, 3.8) is 0 Å². The Morgan fingerprint density at radius 3 is 2.18 bits per heavy atom. The van der Waals surface area contributed by atoms with Gasteiger partial charge in [-0.1, -0.05) is 57.0 Å². The highest BCUT2D eigenvalue weighted by Gasteiger charge is 2.30. The molecular weight excluding hydrogens is 350 g/mol. The molecule has 1 atom stereocenters. The van der Waals surface area contributed by atoms with Crippen molar-refractivity contribution in [2.24, 2.45) is 5.92 Å². The minimum Gasteiger partial charge on any atom is -0.337 e. The van der Waals surface area contributed by atoms with Crippen molar-refractivity contribution in [1.29, 1.82) is 0 Å². The highest BCUT2D eigenvalue weighted by Crippen LogP contribution is 2.33. The van der Waals surface area contributed by atoms with E-state index in [1.54, 1.807) is 9.80 Å². The smallest absolute Gasteiger partial charge is 0.322 e. The average molecular weight is 380 g/mol. The summed E-state index contributed by atoms with van der Waals surface area (Å²) in [5.74, 6) is 0.465. The second-order valence-corrected chi connectivity index (χ2v) is 7.21. The number of fused-ring (bicyclic) bond motifs is 1. The summed E-state index contributed by atoms with van der Waals surface area (Å²) >= 11 is 0. The zero-order valence-corrected chi connectivity index (χ0v) is 16.7. The molecule has 1 N–H and O–H groups in total. The molecule has 3 rings (SSSR count). The molecule has 0 aliphatic carbocycles. The number of hydrogen-bond acceptors (Lipinski definition) is 2. The van der Waals surface area contributed by atoms with E-state index in [-0.39, 0.29) is 11.9 Å². The van der Waals surface area contributed by atoms with Crippen molar-refractivity contribution in [2.75, 3.05) is 29.4 Å². The molecule has 0 radical (unpaired) electrons. The number of rotatable bonds is 6.